The smallest absolute Gasteiger partial charge is 0.239 e. The van der Waals surface area contributed by atoms with Crippen molar-refractivity contribution in [3.63, 3.8) is 0 Å². The first-order chi connectivity index (χ1) is 8.10. The highest BCUT2D eigenvalue weighted by Crippen LogP contribution is 2.11. The van der Waals surface area contributed by atoms with E-state index in [-0.39, 0.29) is 11.9 Å². The molecule has 1 unspecified atom stereocenters. The summed E-state index contributed by atoms with van der Waals surface area (Å²) in [7, 11) is 0. The van der Waals surface area contributed by atoms with Gasteiger partial charge in [0.25, 0.3) is 0 Å². The molecule has 17 heavy (non-hydrogen) atoms. The molecule has 0 aromatic carbocycles. The molecule has 96 valence electrons. The number of carbonyl (C=O) groups excluding carboxylic acids is 1. The number of nitrogens with one attached hydrogen (secondary N) is 1. The number of hydrogen-bond acceptors (Lipinski definition) is 4. The Labute approximate surface area is 107 Å². The number of aromatic nitrogens is 1. The van der Waals surface area contributed by atoms with Crippen LogP contribution in [0.25, 0.3) is 0 Å². The van der Waals surface area contributed by atoms with Gasteiger partial charge in [-0.2, -0.15) is 0 Å². The lowest BCUT2D eigenvalue weighted by molar-refractivity contribution is -0.132. The summed E-state index contributed by atoms with van der Waals surface area (Å²) in [5, 5.41) is 3.25. The zero-order valence-electron chi connectivity index (χ0n) is 11.0. The number of hydrogen-bond donors (Lipinski definition) is 1. The molecule has 0 aliphatic heterocycles. The second kappa shape index (κ2) is 6.71. The molecule has 0 bridgehead atoms. The predicted molar refractivity (Wildman–Crippen MR) is 71.1 cm³/mol. The molecule has 0 radical (unpaired) electrons. The van der Waals surface area contributed by atoms with Crippen LogP contribution in [0.15, 0.2) is 5.51 Å². The molecule has 1 aromatic heterocycles. The van der Waals surface area contributed by atoms with Gasteiger partial charge in [-0.05, 0) is 27.7 Å². The second-order valence-corrected chi connectivity index (χ2v) is 4.91. The fraction of sp³-hybridized carbons (Fsp3) is 0.667. The number of likely N-dealkylation sites (N-methyl/N-ethyl adjacent to an activating group) is 1. The van der Waals surface area contributed by atoms with Crippen molar-refractivity contribution in [2.75, 3.05) is 13.1 Å². The van der Waals surface area contributed by atoms with Crippen LogP contribution in [-0.2, 0) is 11.3 Å². The molecule has 4 nitrogen and oxygen atoms in total. The van der Waals surface area contributed by atoms with E-state index in [1.165, 1.54) is 4.88 Å². The largest absolute Gasteiger partial charge is 0.342 e. The molecule has 5 heteroatoms. The van der Waals surface area contributed by atoms with Crippen molar-refractivity contribution in [1.29, 1.82) is 0 Å². The first-order valence-electron chi connectivity index (χ1n) is 6.01. The minimum absolute atomic E-state index is 0.142. The van der Waals surface area contributed by atoms with Gasteiger partial charge < -0.3 is 10.2 Å². The number of rotatable bonds is 6. The first-order valence-corrected chi connectivity index (χ1v) is 6.89. The van der Waals surface area contributed by atoms with Crippen LogP contribution in [0, 0.1) is 6.92 Å². The maximum absolute atomic E-state index is 12.0. The van der Waals surface area contributed by atoms with Gasteiger partial charge in [-0.3, -0.25) is 4.79 Å². The third kappa shape index (κ3) is 3.78. The summed E-state index contributed by atoms with van der Waals surface area (Å²) >= 11 is 1.62. The molecule has 0 saturated carbocycles. The molecule has 0 fully saturated rings. The third-order valence-corrected chi connectivity index (χ3v) is 3.79. The van der Waals surface area contributed by atoms with Crippen LogP contribution in [0.5, 0.6) is 0 Å². The lowest BCUT2D eigenvalue weighted by atomic mass is 10.2. The van der Waals surface area contributed by atoms with Crippen LogP contribution >= 0.6 is 11.3 Å². The number of thiazole rings is 1. The topological polar surface area (TPSA) is 45.2 Å². The van der Waals surface area contributed by atoms with Crippen molar-refractivity contribution in [2.24, 2.45) is 0 Å². The molecule has 1 atom stereocenters. The van der Waals surface area contributed by atoms with Crippen molar-refractivity contribution in [3.8, 4) is 0 Å². The Hall–Kier alpha value is -0.940. The van der Waals surface area contributed by atoms with Crippen LogP contribution in [0.1, 0.15) is 31.3 Å². The second-order valence-electron chi connectivity index (χ2n) is 3.97. The van der Waals surface area contributed by atoms with E-state index in [1.54, 1.807) is 11.3 Å². The lowest BCUT2D eigenvalue weighted by Gasteiger charge is -2.23. The van der Waals surface area contributed by atoms with Crippen molar-refractivity contribution >= 4 is 17.2 Å². The van der Waals surface area contributed by atoms with Gasteiger partial charge in [0.1, 0.15) is 0 Å². The summed E-state index contributed by atoms with van der Waals surface area (Å²) in [6.07, 6.45) is 0. The highest BCUT2D eigenvalue weighted by Gasteiger charge is 2.17. The standard InChI is InChI=1S/C12H21N3OS/c1-5-15(6-2)12(16)10(4)13-7-11-9(3)14-8-17-11/h8,10,13H,5-7H2,1-4H3. The molecule has 1 aromatic rings. The van der Waals surface area contributed by atoms with Crippen molar-refractivity contribution in [1.82, 2.24) is 15.2 Å². The minimum Gasteiger partial charge on any atom is -0.342 e. The summed E-state index contributed by atoms with van der Waals surface area (Å²) in [6, 6.07) is -0.142. The molecule has 1 heterocycles. The minimum atomic E-state index is -0.142. The van der Waals surface area contributed by atoms with E-state index >= 15 is 0 Å². The van der Waals surface area contributed by atoms with Crippen molar-refractivity contribution < 1.29 is 4.79 Å². The third-order valence-electron chi connectivity index (χ3n) is 2.86. The van der Waals surface area contributed by atoms with E-state index < -0.39 is 0 Å². The van der Waals surface area contributed by atoms with Gasteiger partial charge in [0.15, 0.2) is 0 Å². The fourth-order valence-corrected chi connectivity index (χ4v) is 2.37. The fourth-order valence-electron chi connectivity index (χ4n) is 1.64. The van der Waals surface area contributed by atoms with Crippen molar-refractivity contribution in [2.45, 2.75) is 40.3 Å². The maximum atomic E-state index is 12.0. The SMILES string of the molecule is CCN(CC)C(=O)C(C)NCc1scnc1C. The molecular weight excluding hydrogens is 234 g/mol. The Bertz CT molecular complexity index is 360. The van der Waals surface area contributed by atoms with Gasteiger partial charge in [0.2, 0.25) is 5.91 Å². The number of nitrogens with zero attached hydrogens (tertiary/aromatic N) is 2. The predicted octanol–water partition coefficient (Wildman–Crippen LogP) is 1.80. The monoisotopic (exact) mass is 255 g/mol. The number of carbonyl (C=O) groups is 1. The number of aryl methyl sites for hydroxylation is 1. The molecule has 1 amide bonds. The van der Waals surface area contributed by atoms with E-state index in [0.29, 0.717) is 6.54 Å². The molecule has 0 saturated heterocycles. The van der Waals surface area contributed by atoms with Gasteiger partial charge in [-0.15, -0.1) is 11.3 Å². The summed E-state index contributed by atoms with van der Waals surface area (Å²) < 4.78 is 0. The molecule has 1 N–H and O–H groups in total. The Morgan fingerprint density at radius 1 is 1.53 bits per heavy atom. The van der Waals surface area contributed by atoms with Crippen molar-refractivity contribution in [3.05, 3.63) is 16.1 Å². The summed E-state index contributed by atoms with van der Waals surface area (Å²) in [5.74, 6) is 0.164. The molecular formula is C12H21N3OS. The van der Waals surface area contributed by atoms with Crippen LogP contribution in [0.3, 0.4) is 0 Å². The van der Waals surface area contributed by atoms with Gasteiger partial charge >= 0.3 is 0 Å². The average Bonchev–Trinajstić information content (AvgIpc) is 2.73. The first kappa shape index (κ1) is 14.1. The Morgan fingerprint density at radius 2 is 2.18 bits per heavy atom. The summed E-state index contributed by atoms with van der Waals surface area (Å²) in [6.45, 7) is 10.1. The van der Waals surface area contributed by atoms with Gasteiger partial charge in [0.05, 0.1) is 17.2 Å². The summed E-state index contributed by atoms with van der Waals surface area (Å²) in [5.41, 5.74) is 2.88. The molecule has 0 aliphatic carbocycles. The van der Waals surface area contributed by atoms with E-state index in [1.807, 2.05) is 38.1 Å². The van der Waals surface area contributed by atoms with Crippen LogP contribution in [0.4, 0.5) is 0 Å². The highest BCUT2D eigenvalue weighted by atomic mass is 32.1. The van der Waals surface area contributed by atoms with Crippen LogP contribution in [0.2, 0.25) is 0 Å². The zero-order chi connectivity index (χ0) is 12.8. The lowest BCUT2D eigenvalue weighted by Crippen LogP contribution is -2.44. The molecule has 1 rings (SSSR count). The van der Waals surface area contributed by atoms with E-state index in [2.05, 4.69) is 10.3 Å². The van der Waals surface area contributed by atoms with E-state index in [9.17, 15) is 4.79 Å². The van der Waals surface area contributed by atoms with Gasteiger partial charge in [-0.25, -0.2) is 4.98 Å². The van der Waals surface area contributed by atoms with Crippen LogP contribution < -0.4 is 5.32 Å². The normalized spacial score (nSPS) is 12.5. The molecule has 0 spiro atoms. The summed E-state index contributed by atoms with van der Waals surface area (Å²) in [4.78, 5) is 19.2. The highest BCUT2D eigenvalue weighted by molar-refractivity contribution is 7.09. The van der Waals surface area contributed by atoms with E-state index in [4.69, 9.17) is 0 Å². The van der Waals surface area contributed by atoms with Gasteiger partial charge in [0, 0.05) is 24.5 Å². The van der Waals surface area contributed by atoms with E-state index in [0.717, 1.165) is 18.8 Å². The van der Waals surface area contributed by atoms with Gasteiger partial charge in [-0.1, -0.05) is 0 Å². The zero-order valence-corrected chi connectivity index (χ0v) is 11.8. The van der Waals surface area contributed by atoms with Crippen LogP contribution in [-0.4, -0.2) is 34.9 Å². The Kier molecular flexibility index (Phi) is 5.58. The maximum Gasteiger partial charge on any atom is 0.239 e. The number of amides is 1. The quantitative estimate of drug-likeness (QED) is 0.843. The average molecular weight is 255 g/mol. The molecule has 0 aliphatic rings. The Morgan fingerprint density at radius 3 is 2.65 bits per heavy atom. The Balaban J connectivity index is 2.47.